The number of thiophene rings is 1. The van der Waals surface area contributed by atoms with Gasteiger partial charge in [-0.05, 0) is 11.4 Å². The molecule has 1 atom stereocenters. The van der Waals surface area contributed by atoms with Crippen molar-refractivity contribution in [3.8, 4) is 0 Å². The Morgan fingerprint density at radius 2 is 2.56 bits per heavy atom. The van der Waals surface area contributed by atoms with Crippen LogP contribution in [-0.2, 0) is 15.3 Å². The summed E-state index contributed by atoms with van der Waals surface area (Å²) < 4.78 is 5.32. The maximum atomic E-state index is 12.0. The molecule has 1 amide bonds. The van der Waals surface area contributed by atoms with Crippen molar-refractivity contribution in [3.05, 3.63) is 22.4 Å². The number of carbonyl (C=O) groups excluding carboxylic acids is 1. The number of rotatable bonds is 5. The highest BCUT2D eigenvalue weighted by Gasteiger charge is 2.23. The topological polar surface area (TPSA) is 49.8 Å². The Balaban J connectivity index is 1.70. The number of ether oxygens (including phenoxy) is 1. The Morgan fingerprint density at radius 3 is 3.28 bits per heavy atom. The molecule has 0 bridgehead atoms. The predicted octanol–water partition coefficient (Wildman–Crippen LogP) is 1.20. The lowest BCUT2D eigenvalue weighted by Crippen LogP contribution is -2.47. The molecule has 1 aromatic rings. The molecule has 0 saturated carbocycles. The third-order valence-corrected chi connectivity index (χ3v) is 4.77. The number of thioether (sulfide) groups is 1. The Bertz CT molecular complexity index is 369. The average molecular weight is 287 g/mol. The van der Waals surface area contributed by atoms with Gasteiger partial charge in [-0.3, -0.25) is 4.79 Å². The molecule has 1 saturated heterocycles. The van der Waals surface area contributed by atoms with Gasteiger partial charge in [-0.15, -0.1) is 23.1 Å². The number of morpholine rings is 1. The lowest BCUT2D eigenvalue weighted by Gasteiger charge is -2.32. The minimum absolute atomic E-state index is 0.0217. The summed E-state index contributed by atoms with van der Waals surface area (Å²) in [7, 11) is 0. The normalized spacial score (nSPS) is 20.1. The van der Waals surface area contributed by atoms with Crippen LogP contribution in [0, 0.1) is 0 Å². The van der Waals surface area contributed by atoms with Crippen molar-refractivity contribution in [2.75, 3.05) is 32.1 Å². The van der Waals surface area contributed by atoms with Crippen molar-refractivity contribution in [1.29, 1.82) is 0 Å². The van der Waals surface area contributed by atoms with E-state index in [2.05, 4.69) is 6.07 Å². The summed E-state index contributed by atoms with van der Waals surface area (Å²) in [4.78, 5) is 15.0. The van der Waals surface area contributed by atoms with Crippen molar-refractivity contribution in [3.63, 3.8) is 0 Å². The van der Waals surface area contributed by atoms with E-state index in [1.165, 1.54) is 4.88 Å². The molecule has 1 unspecified atom stereocenters. The molecule has 100 valence electrons. The van der Waals surface area contributed by atoms with E-state index in [1.807, 2.05) is 11.4 Å². The van der Waals surface area contributed by atoms with Gasteiger partial charge in [0.05, 0.1) is 25.1 Å². The Labute approximate surface area is 115 Å². The van der Waals surface area contributed by atoms with E-state index in [4.69, 9.17) is 9.84 Å². The first-order valence-electron chi connectivity index (χ1n) is 5.90. The summed E-state index contributed by atoms with van der Waals surface area (Å²) in [5.74, 6) is 1.52. The highest BCUT2D eigenvalue weighted by atomic mass is 32.2. The van der Waals surface area contributed by atoms with E-state index in [1.54, 1.807) is 28.0 Å². The second-order valence-corrected chi connectivity index (χ2v) is 6.11. The van der Waals surface area contributed by atoms with Gasteiger partial charge in [-0.25, -0.2) is 0 Å². The van der Waals surface area contributed by atoms with Crippen LogP contribution in [0.25, 0.3) is 0 Å². The minimum atomic E-state index is -0.218. The number of amides is 1. The smallest absolute Gasteiger partial charge is 0.232 e. The minimum Gasteiger partial charge on any atom is -0.394 e. The molecular formula is C12H17NO3S2. The molecule has 0 radical (unpaired) electrons. The maximum absolute atomic E-state index is 12.0. The highest BCUT2D eigenvalue weighted by Crippen LogP contribution is 2.17. The Kier molecular flexibility index (Phi) is 5.49. The van der Waals surface area contributed by atoms with Crippen LogP contribution in [0.2, 0.25) is 0 Å². The molecule has 1 aromatic heterocycles. The zero-order chi connectivity index (χ0) is 12.8. The number of hydrogen-bond acceptors (Lipinski definition) is 5. The molecular weight excluding hydrogens is 270 g/mol. The van der Waals surface area contributed by atoms with Crippen molar-refractivity contribution in [2.45, 2.75) is 11.9 Å². The molecule has 1 aliphatic heterocycles. The van der Waals surface area contributed by atoms with Gasteiger partial charge in [-0.2, -0.15) is 0 Å². The van der Waals surface area contributed by atoms with Crippen LogP contribution in [-0.4, -0.2) is 54.1 Å². The summed E-state index contributed by atoms with van der Waals surface area (Å²) in [5, 5.41) is 11.1. The Morgan fingerprint density at radius 1 is 1.67 bits per heavy atom. The Hall–Kier alpha value is -0.560. The summed E-state index contributed by atoms with van der Waals surface area (Å²) in [6, 6.07) is 4.11. The number of carbonyl (C=O) groups is 1. The third kappa shape index (κ3) is 3.98. The standard InChI is InChI=1S/C12H17NO3S2/c14-7-10-6-13(3-4-16-10)12(15)9-17-8-11-2-1-5-18-11/h1-2,5,10,14H,3-4,6-9H2. The first-order chi connectivity index (χ1) is 8.79. The van der Waals surface area contributed by atoms with Crippen molar-refractivity contribution in [2.24, 2.45) is 0 Å². The summed E-state index contributed by atoms with van der Waals surface area (Å²) in [5.41, 5.74) is 0. The summed E-state index contributed by atoms with van der Waals surface area (Å²) in [6.45, 7) is 1.64. The molecule has 18 heavy (non-hydrogen) atoms. The zero-order valence-electron chi connectivity index (χ0n) is 10.1. The van der Waals surface area contributed by atoms with Crippen LogP contribution in [0.1, 0.15) is 4.88 Å². The molecule has 0 spiro atoms. The molecule has 4 nitrogen and oxygen atoms in total. The number of nitrogens with zero attached hydrogens (tertiary/aromatic N) is 1. The number of hydrogen-bond donors (Lipinski definition) is 1. The summed E-state index contributed by atoms with van der Waals surface area (Å²) >= 11 is 3.35. The lowest BCUT2D eigenvalue weighted by atomic mass is 10.3. The van der Waals surface area contributed by atoms with Crippen LogP contribution >= 0.6 is 23.1 Å². The van der Waals surface area contributed by atoms with Crippen molar-refractivity contribution < 1.29 is 14.6 Å². The lowest BCUT2D eigenvalue weighted by molar-refractivity contribution is -0.137. The van der Waals surface area contributed by atoms with Crippen LogP contribution in [0.5, 0.6) is 0 Å². The molecule has 1 N–H and O–H groups in total. The monoisotopic (exact) mass is 287 g/mol. The number of aliphatic hydroxyl groups excluding tert-OH is 1. The van der Waals surface area contributed by atoms with Gasteiger partial charge in [0, 0.05) is 23.7 Å². The van der Waals surface area contributed by atoms with E-state index < -0.39 is 0 Å². The average Bonchev–Trinajstić information content (AvgIpc) is 2.92. The van der Waals surface area contributed by atoms with E-state index in [9.17, 15) is 4.79 Å². The number of aliphatic hydroxyl groups is 1. The molecule has 6 heteroatoms. The van der Waals surface area contributed by atoms with Gasteiger partial charge >= 0.3 is 0 Å². The van der Waals surface area contributed by atoms with Gasteiger partial charge in [0.15, 0.2) is 0 Å². The maximum Gasteiger partial charge on any atom is 0.232 e. The predicted molar refractivity (Wildman–Crippen MR) is 73.9 cm³/mol. The zero-order valence-corrected chi connectivity index (χ0v) is 11.7. The second-order valence-electron chi connectivity index (χ2n) is 4.09. The van der Waals surface area contributed by atoms with Crippen LogP contribution < -0.4 is 0 Å². The van der Waals surface area contributed by atoms with Crippen molar-refractivity contribution in [1.82, 2.24) is 4.90 Å². The molecule has 0 aliphatic carbocycles. The van der Waals surface area contributed by atoms with Crippen LogP contribution in [0.15, 0.2) is 17.5 Å². The fourth-order valence-corrected chi connectivity index (χ4v) is 3.55. The molecule has 2 heterocycles. The summed E-state index contributed by atoms with van der Waals surface area (Å²) in [6.07, 6.45) is -0.218. The molecule has 0 aromatic carbocycles. The van der Waals surface area contributed by atoms with Gasteiger partial charge < -0.3 is 14.7 Å². The molecule has 1 aliphatic rings. The van der Waals surface area contributed by atoms with E-state index in [0.29, 0.717) is 25.4 Å². The SMILES string of the molecule is O=C(CSCc1cccs1)N1CCOC(CO)C1. The fraction of sp³-hybridized carbons (Fsp3) is 0.583. The fourth-order valence-electron chi connectivity index (χ4n) is 1.78. The van der Waals surface area contributed by atoms with E-state index in [0.717, 1.165) is 5.75 Å². The van der Waals surface area contributed by atoms with Crippen LogP contribution in [0.3, 0.4) is 0 Å². The van der Waals surface area contributed by atoms with Crippen molar-refractivity contribution >= 4 is 29.0 Å². The third-order valence-electron chi connectivity index (χ3n) is 2.75. The molecule has 1 fully saturated rings. The second kappa shape index (κ2) is 7.13. The van der Waals surface area contributed by atoms with E-state index >= 15 is 0 Å². The van der Waals surface area contributed by atoms with Gasteiger partial charge in [-0.1, -0.05) is 6.07 Å². The van der Waals surface area contributed by atoms with Gasteiger partial charge in [0.2, 0.25) is 5.91 Å². The van der Waals surface area contributed by atoms with Crippen LogP contribution in [0.4, 0.5) is 0 Å². The first-order valence-corrected chi connectivity index (χ1v) is 7.93. The van der Waals surface area contributed by atoms with Gasteiger partial charge in [0.1, 0.15) is 0 Å². The largest absolute Gasteiger partial charge is 0.394 e. The quantitative estimate of drug-likeness (QED) is 0.884. The van der Waals surface area contributed by atoms with Gasteiger partial charge in [0.25, 0.3) is 0 Å². The molecule has 2 rings (SSSR count). The van der Waals surface area contributed by atoms with E-state index in [-0.39, 0.29) is 18.6 Å². The highest BCUT2D eigenvalue weighted by molar-refractivity contribution is 7.99. The first kappa shape index (κ1) is 13.9.